The van der Waals surface area contributed by atoms with Crippen molar-refractivity contribution in [2.45, 2.75) is 32.9 Å². The molecular formula is C9H22N2O4Si2. The second-order valence-corrected chi connectivity index (χ2v) is 7.58. The van der Waals surface area contributed by atoms with E-state index >= 15 is 0 Å². The summed E-state index contributed by atoms with van der Waals surface area (Å²) in [7, 11) is 0.347. The molecule has 8 heteroatoms. The Labute approximate surface area is 106 Å². The number of carbonyl (C=O) groups excluding carboxylic acids is 1. The Morgan fingerprint density at radius 3 is 1.94 bits per heavy atom. The molecule has 0 aliphatic rings. The Kier molecular flexibility index (Phi) is 10.8. The van der Waals surface area contributed by atoms with Crippen LogP contribution >= 0.6 is 0 Å². The smallest absolute Gasteiger partial charge is 0.352 e. The molecule has 6 nitrogen and oxygen atoms in total. The molecular weight excluding hydrogens is 256 g/mol. The topological polar surface area (TPSA) is 116 Å². The molecule has 0 aromatic rings. The molecule has 0 atom stereocenters. The minimum atomic E-state index is -1.31. The summed E-state index contributed by atoms with van der Waals surface area (Å²) in [5.41, 5.74) is 9.58. The number of carboxylic acid groups (broad SMARTS) is 1. The van der Waals surface area contributed by atoms with Crippen molar-refractivity contribution in [1.82, 2.24) is 0 Å². The maximum atomic E-state index is 10.7. The predicted molar refractivity (Wildman–Crippen MR) is 72.9 cm³/mol. The fourth-order valence-electron chi connectivity index (χ4n) is 0.770. The quantitative estimate of drug-likeness (QED) is 0.433. The minimum Gasteiger partial charge on any atom is -0.477 e. The van der Waals surface area contributed by atoms with Crippen molar-refractivity contribution in [3.05, 3.63) is 11.3 Å². The van der Waals surface area contributed by atoms with Crippen LogP contribution < -0.4 is 11.5 Å². The van der Waals surface area contributed by atoms with Crippen LogP contribution in [0.3, 0.4) is 0 Å². The average molecular weight is 278 g/mol. The van der Waals surface area contributed by atoms with E-state index in [9.17, 15) is 9.59 Å². The number of carboxylic acids is 1. The van der Waals surface area contributed by atoms with Gasteiger partial charge in [0.2, 0.25) is 5.91 Å². The van der Waals surface area contributed by atoms with E-state index in [1.165, 1.54) is 0 Å². The van der Waals surface area contributed by atoms with Gasteiger partial charge in [-0.2, -0.15) is 0 Å². The Morgan fingerprint density at radius 2 is 1.76 bits per heavy atom. The molecule has 1 amide bonds. The molecule has 0 spiro atoms. The number of carbonyl (C=O) groups is 2. The molecule has 0 radical (unpaired) electrons. The van der Waals surface area contributed by atoms with Crippen molar-refractivity contribution in [3.63, 3.8) is 0 Å². The zero-order chi connectivity index (χ0) is 14.0. The van der Waals surface area contributed by atoms with E-state index in [2.05, 4.69) is 13.1 Å². The molecule has 0 aliphatic heterocycles. The largest absolute Gasteiger partial charge is 0.477 e. The number of hydrogen-bond donors (Lipinski definition) is 3. The average Bonchev–Trinajstić information content (AvgIpc) is 2.25. The van der Waals surface area contributed by atoms with Gasteiger partial charge in [-0.3, -0.25) is 4.79 Å². The van der Waals surface area contributed by atoms with E-state index in [1.807, 2.05) is 0 Å². The minimum absolute atomic E-state index is 0.00926. The number of primary amides is 1. The molecule has 0 heterocycles. The molecule has 0 saturated heterocycles. The van der Waals surface area contributed by atoms with Gasteiger partial charge in [0.25, 0.3) is 0 Å². The van der Waals surface area contributed by atoms with Crippen LogP contribution in [0.2, 0.25) is 13.1 Å². The van der Waals surface area contributed by atoms with Crippen LogP contribution in [-0.2, 0) is 13.7 Å². The normalized spacial score (nSPS) is 11.5. The van der Waals surface area contributed by atoms with E-state index < -0.39 is 26.6 Å². The predicted octanol–water partition coefficient (Wildman–Crippen LogP) is -1.16. The van der Waals surface area contributed by atoms with Crippen LogP contribution in [0.1, 0.15) is 19.8 Å². The number of nitrogens with two attached hydrogens (primary N) is 2. The molecule has 100 valence electrons. The van der Waals surface area contributed by atoms with E-state index in [0.717, 1.165) is 10.5 Å². The third-order valence-corrected chi connectivity index (χ3v) is 5.60. The molecule has 0 rings (SSSR count). The van der Waals surface area contributed by atoms with Crippen molar-refractivity contribution < 1.29 is 18.8 Å². The number of rotatable bonds is 5. The summed E-state index contributed by atoms with van der Waals surface area (Å²) in [5, 5.41) is 8.44. The second-order valence-electron chi connectivity index (χ2n) is 3.60. The van der Waals surface area contributed by atoms with Crippen LogP contribution in [-0.4, -0.2) is 36.5 Å². The summed E-state index contributed by atoms with van der Waals surface area (Å²) in [6.07, 6.45) is 0.930. The fourth-order valence-corrected chi connectivity index (χ4v) is 0.770. The van der Waals surface area contributed by atoms with Gasteiger partial charge in [0.15, 0.2) is 9.04 Å². The van der Waals surface area contributed by atoms with E-state index in [-0.39, 0.29) is 5.57 Å². The van der Waals surface area contributed by atoms with Gasteiger partial charge in [-0.1, -0.05) is 13.3 Å². The van der Waals surface area contributed by atoms with Gasteiger partial charge in [0, 0.05) is 5.57 Å². The molecule has 0 fully saturated rings. The van der Waals surface area contributed by atoms with Gasteiger partial charge in [0.05, 0.1) is 0 Å². The molecule has 0 aromatic carbocycles. The van der Waals surface area contributed by atoms with Crippen LogP contribution in [0, 0.1) is 0 Å². The maximum Gasteiger partial charge on any atom is 0.352 e. The lowest BCUT2D eigenvalue weighted by Gasteiger charge is -2.02. The van der Waals surface area contributed by atoms with Crippen molar-refractivity contribution in [3.8, 4) is 0 Å². The summed E-state index contributed by atoms with van der Waals surface area (Å²) in [6, 6.07) is 0. The monoisotopic (exact) mass is 278 g/mol. The van der Waals surface area contributed by atoms with E-state index in [0.29, 0.717) is 12.8 Å². The van der Waals surface area contributed by atoms with Crippen molar-refractivity contribution in [1.29, 1.82) is 0 Å². The Bertz CT molecular complexity index is 293. The third-order valence-electron chi connectivity index (χ3n) is 1.82. The lowest BCUT2D eigenvalue weighted by molar-refractivity contribution is -0.133. The lowest BCUT2D eigenvalue weighted by Crippen LogP contribution is -2.22. The van der Waals surface area contributed by atoms with Crippen molar-refractivity contribution in [2.24, 2.45) is 11.5 Å². The van der Waals surface area contributed by atoms with Crippen LogP contribution in [0.25, 0.3) is 0 Å². The lowest BCUT2D eigenvalue weighted by atomic mass is 10.1. The highest BCUT2D eigenvalue weighted by Gasteiger charge is 2.13. The van der Waals surface area contributed by atoms with Gasteiger partial charge in [-0.25, -0.2) is 4.79 Å². The summed E-state index contributed by atoms with van der Waals surface area (Å²) < 4.78 is 5.03. The first kappa shape index (κ1) is 18.2. The SMILES string of the molecule is CCC/C(C(N)=O)=C(\N)C(=O)O.C[SiH](C)O[SiH3]. The molecule has 0 aliphatic carbocycles. The Balaban J connectivity index is 0. The highest BCUT2D eigenvalue weighted by atomic mass is 28.3. The van der Waals surface area contributed by atoms with Gasteiger partial charge in [-0.15, -0.1) is 0 Å². The van der Waals surface area contributed by atoms with Gasteiger partial charge < -0.3 is 20.7 Å². The van der Waals surface area contributed by atoms with Crippen molar-refractivity contribution in [2.75, 3.05) is 0 Å². The highest BCUT2D eigenvalue weighted by Crippen LogP contribution is 2.06. The molecule has 0 saturated carbocycles. The zero-order valence-corrected chi connectivity index (χ0v) is 14.0. The molecule has 0 unspecified atom stereocenters. The van der Waals surface area contributed by atoms with Crippen LogP contribution in [0.15, 0.2) is 11.3 Å². The molecule has 0 aromatic heterocycles. The first-order chi connectivity index (χ1) is 7.77. The summed E-state index contributed by atoms with van der Waals surface area (Å²) in [6.45, 7) is 6.15. The van der Waals surface area contributed by atoms with E-state index in [4.69, 9.17) is 20.7 Å². The Morgan fingerprint density at radius 1 is 1.35 bits per heavy atom. The van der Waals surface area contributed by atoms with Gasteiger partial charge in [0.1, 0.15) is 16.2 Å². The standard InChI is InChI=1S/C7H12N2O3.C2H10OSi2/c1-2-3-4(6(9)10)5(8)7(11)12;1-5(2)3-4/h2-3,8H2,1H3,(H2,9,10)(H,11,12);5H,1-2,4H3/b5-4+;. The van der Waals surface area contributed by atoms with Crippen LogP contribution in [0.4, 0.5) is 0 Å². The number of aliphatic carboxylic acids is 1. The number of amides is 1. The molecule has 0 bridgehead atoms. The maximum absolute atomic E-state index is 10.7. The Hall–Kier alpha value is -1.13. The number of hydrogen-bond acceptors (Lipinski definition) is 4. The molecule has 17 heavy (non-hydrogen) atoms. The van der Waals surface area contributed by atoms with Gasteiger partial charge in [-0.05, 0) is 19.5 Å². The molecule has 5 N–H and O–H groups in total. The summed E-state index contributed by atoms with van der Waals surface area (Å²) in [5.74, 6) is -2.07. The summed E-state index contributed by atoms with van der Waals surface area (Å²) >= 11 is 0. The fraction of sp³-hybridized carbons (Fsp3) is 0.556. The summed E-state index contributed by atoms with van der Waals surface area (Å²) in [4.78, 5) is 21.0. The third kappa shape index (κ3) is 9.78. The first-order valence-corrected chi connectivity index (χ1v) is 8.92. The van der Waals surface area contributed by atoms with Crippen LogP contribution in [0.5, 0.6) is 0 Å². The van der Waals surface area contributed by atoms with Gasteiger partial charge >= 0.3 is 5.97 Å². The highest BCUT2D eigenvalue weighted by molar-refractivity contribution is 6.52. The second kappa shape index (κ2) is 10.1. The van der Waals surface area contributed by atoms with E-state index in [1.54, 1.807) is 6.92 Å². The van der Waals surface area contributed by atoms with Crippen molar-refractivity contribution >= 4 is 31.4 Å². The first-order valence-electron chi connectivity index (χ1n) is 5.32. The zero-order valence-electron chi connectivity index (χ0n) is 10.8.